The highest BCUT2D eigenvalue weighted by atomic mass is 32.2. The van der Waals surface area contributed by atoms with Gasteiger partial charge in [-0.15, -0.1) is 0 Å². The van der Waals surface area contributed by atoms with E-state index in [-0.39, 0.29) is 5.25 Å². The summed E-state index contributed by atoms with van der Waals surface area (Å²) < 4.78 is 26.7. The molecule has 19 heavy (non-hydrogen) atoms. The van der Waals surface area contributed by atoms with Crippen LogP contribution in [-0.4, -0.2) is 43.6 Å². The molecule has 3 rings (SSSR count). The summed E-state index contributed by atoms with van der Waals surface area (Å²) in [6.07, 6.45) is 8.65. The number of sulfonamides is 1. The van der Waals surface area contributed by atoms with Crippen LogP contribution in [0.3, 0.4) is 0 Å². The van der Waals surface area contributed by atoms with E-state index >= 15 is 0 Å². The minimum absolute atomic E-state index is 0.0801. The van der Waals surface area contributed by atoms with Crippen LogP contribution in [0.2, 0.25) is 0 Å². The summed E-state index contributed by atoms with van der Waals surface area (Å²) in [5.41, 5.74) is 0. The third kappa shape index (κ3) is 3.31. The molecule has 110 valence electrons. The van der Waals surface area contributed by atoms with E-state index in [2.05, 4.69) is 5.32 Å². The van der Waals surface area contributed by atoms with Gasteiger partial charge in [-0.05, 0) is 51.0 Å². The van der Waals surface area contributed by atoms with Gasteiger partial charge in [-0.25, -0.2) is 12.7 Å². The molecule has 4 nitrogen and oxygen atoms in total. The number of hydrogen-bond acceptors (Lipinski definition) is 3. The van der Waals surface area contributed by atoms with Crippen molar-refractivity contribution in [1.29, 1.82) is 0 Å². The Morgan fingerprint density at radius 2 is 1.58 bits per heavy atom. The van der Waals surface area contributed by atoms with Gasteiger partial charge in [0, 0.05) is 19.1 Å². The highest BCUT2D eigenvalue weighted by molar-refractivity contribution is 7.89. The van der Waals surface area contributed by atoms with Gasteiger partial charge in [0.25, 0.3) is 0 Å². The molecule has 0 bridgehead atoms. The smallest absolute Gasteiger partial charge is 0.216 e. The highest BCUT2D eigenvalue weighted by Crippen LogP contribution is 2.30. The summed E-state index contributed by atoms with van der Waals surface area (Å²) in [5, 5.41) is 3.52. The standard InChI is InChI=1S/C14H26N2O2S/c17-19(18,14-3-1-2-4-14)16-9-7-13(8-10-16)15-11-12-5-6-12/h12-15H,1-11H2. The summed E-state index contributed by atoms with van der Waals surface area (Å²) in [4.78, 5) is 0. The Labute approximate surface area is 117 Å². The molecule has 1 N–H and O–H groups in total. The molecule has 1 heterocycles. The zero-order valence-corrected chi connectivity index (χ0v) is 12.5. The van der Waals surface area contributed by atoms with E-state index in [0.717, 1.165) is 64.1 Å². The molecule has 0 atom stereocenters. The van der Waals surface area contributed by atoms with E-state index in [1.54, 1.807) is 4.31 Å². The van der Waals surface area contributed by atoms with Crippen LogP contribution in [0, 0.1) is 5.92 Å². The van der Waals surface area contributed by atoms with E-state index in [0.29, 0.717) is 6.04 Å². The first-order valence-electron chi connectivity index (χ1n) is 7.88. The predicted molar refractivity (Wildman–Crippen MR) is 76.5 cm³/mol. The Hall–Kier alpha value is -0.130. The van der Waals surface area contributed by atoms with Crippen molar-refractivity contribution in [2.75, 3.05) is 19.6 Å². The van der Waals surface area contributed by atoms with Gasteiger partial charge < -0.3 is 5.32 Å². The van der Waals surface area contributed by atoms with Crippen LogP contribution in [0.4, 0.5) is 0 Å². The van der Waals surface area contributed by atoms with Gasteiger partial charge in [-0.2, -0.15) is 0 Å². The lowest BCUT2D eigenvalue weighted by molar-refractivity contribution is 0.285. The molecular weight excluding hydrogens is 260 g/mol. The van der Waals surface area contributed by atoms with Crippen LogP contribution in [0.1, 0.15) is 51.4 Å². The molecule has 0 aromatic heterocycles. The second-order valence-corrected chi connectivity index (χ2v) is 8.69. The molecule has 0 spiro atoms. The van der Waals surface area contributed by atoms with Gasteiger partial charge in [0.05, 0.1) is 5.25 Å². The van der Waals surface area contributed by atoms with E-state index in [4.69, 9.17) is 0 Å². The molecule has 3 aliphatic rings. The van der Waals surface area contributed by atoms with Crippen molar-refractivity contribution < 1.29 is 8.42 Å². The first kappa shape index (κ1) is 13.8. The predicted octanol–water partition coefficient (Wildman–Crippen LogP) is 1.72. The number of nitrogens with one attached hydrogen (secondary N) is 1. The summed E-state index contributed by atoms with van der Waals surface area (Å²) in [7, 11) is -3.00. The lowest BCUT2D eigenvalue weighted by Gasteiger charge is -2.33. The monoisotopic (exact) mass is 286 g/mol. The molecule has 0 radical (unpaired) electrons. The fourth-order valence-electron chi connectivity index (χ4n) is 3.37. The number of nitrogens with zero attached hydrogens (tertiary/aromatic N) is 1. The maximum atomic E-state index is 12.5. The van der Waals surface area contributed by atoms with E-state index < -0.39 is 10.0 Å². The Morgan fingerprint density at radius 1 is 0.947 bits per heavy atom. The Balaban J connectivity index is 1.48. The lowest BCUT2D eigenvalue weighted by Crippen LogP contribution is -2.47. The molecule has 0 aromatic carbocycles. The second-order valence-electron chi connectivity index (χ2n) is 6.48. The molecule has 2 saturated carbocycles. The zero-order chi connectivity index (χ0) is 13.3. The Kier molecular flexibility index (Phi) is 4.15. The van der Waals surface area contributed by atoms with Crippen molar-refractivity contribution in [3.05, 3.63) is 0 Å². The van der Waals surface area contributed by atoms with Crippen LogP contribution in [0.5, 0.6) is 0 Å². The van der Waals surface area contributed by atoms with Gasteiger partial charge in [-0.3, -0.25) is 0 Å². The summed E-state index contributed by atoms with van der Waals surface area (Å²) in [5.74, 6) is 0.903. The molecule has 0 amide bonds. The topological polar surface area (TPSA) is 49.4 Å². The quantitative estimate of drug-likeness (QED) is 0.837. The molecule has 2 aliphatic carbocycles. The molecule has 0 unspecified atom stereocenters. The van der Waals surface area contributed by atoms with Crippen LogP contribution in [0.25, 0.3) is 0 Å². The van der Waals surface area contributed by atoms with E-state index in [1.165, 1.54) is 12.8 Å². The van der Waals surface area contributed by atoms with Crippen molar-refractivity contribution in [2.24, 2.45) is 5.92 Å². The fraction of sp³-hybridized carbons (Fsp3) is 1.00. The Morgan fingerprint density at radius 3 is 2.16 bits per heavy atom. The summed E-state index contributed by atoms with van der Waals surface area (Å²) in [6, 6.07) is 0.538. The third-order valence-corrected chi connectivity index (χ3v) is 7.33. The average molecular weight is 286 g/mol. The Bertz CT molecular complexity index is 392. The molecule has 1 aliphatic heterocycles. The van der Waals surface area contributed by atoms with Crippen molar-refractivity contribution in [3.63, 3.8) is 0 Å². The number of hydrogen-bond donors (Lipinski definition) is 1. The summed E-state index contributed by atoms with van der Waals surface area (Å²) >= 11 is 0. The zero-order valence-electron chi connectivity index (χ0n) is 11.7. The van der Waals surface area contributed by atoms with Gasteiger partial charge in [-0.1, -0.05) is 12.8 Å². The molecular formula is C14H26N2O2S. The van der Waals surface area contributed by atoms with Gasteiger partial charge in [0.2, 0.25) is 10.0 Å². The fourth-order valence-corrected chi connectivity index (χ4v) is 5.44. The van der Waals surface area contributed by atoms with Crippen molar-refractivity contribution in [2.45, 2.75) is 62.7 Å². The minimum atomic E-state index is -3.00. The number of rotatable bonds is 5. The molecule has 0 aromatic rings. The van der Waals surface area contributed by atoms with Crippen LogP contribution < -0.4 is 5.32 Å². The maximum Gasteiger partial charge on any atom is 0.216 e. The van der Waals surface area contributed by atoms with Crippen LogP contribution in [-0.2, 0) is 10.0 Å². The third-order valence-electron chi connectivity index (χ3n) is 4.93. The lowest BCUT2D eigenvalue weighted by atomic mass is 10.1. The first-order chi connectivity index (χ1) is 9.16. The molecule has 1 saturated heterocycles. The maximum absolute atomic E-state index is 12.5. The van der Waals surface area contributed by atoms with Gasteiger partial charge in [0.1, 0.15) is 0 Å². The minimum Gasteiger partial charge on any atom is -0.314 e. The first-order valence-corrected chi connectivity index (χ1v) is 9.39. The van der Waals surface area contributed by atoms with Gasteiger partial charge >= 0.3 is 0 Å². The van der Waals surface area contributed by atoms with Crippen molar-refractivity contribution >= 4 is 10.0 Å². The SMILES string of the molecule is O=S(=O)(C1CCCC1)N1CCC(NCC2CC2)CC1. The van der Waals surface area contributed by atoms with Gasteiger partial charge in [0.15, 0.2) is 0 Å². The van der Waals surface area contributed by atoms with Crippen LogP contribution >= 0.6 is 0 Å². The van der Waals surface area contributed by atoms with E-state index in [9.17, 15) is 8.42 Å². The highest BCUT2D eigenvalue weighted by Gasteiger charge is 2.36. The molecule has 3 fully saturated rings. The largest absolute Gasteiger partial charge is 0.314 e. The van der Waals surface area contributed by atoms with Crippen molar-refractivity contribution in [3.8, 4) is 0 Å². The second kappa shape index (κ2) is 5.70. The average Bonchev–Trinajstić information content (AvgIpc) is 3.07. The number of piperidine rings is 1. The normalized spacial score (nSPS) is 28.0. The molecule has 5 heteroatoms. The van der Waals surface area contributed by atoms with Crippen LogP contribution in [0.15, 0.2) is 0 Å². The van der Waals surface area contributed by atoms with E-state index in [1.807, 2.05) is 0 Å². The van der Waals surface area contributed by atoms with Crippen molar-refractivity contribution in [1.82, 2.24) is 9.62 Å². The summed E-state index contributed by atoms with van der Waals surface area (Å²) in [6.45, 7) is 2.59.